The lowest BCUT2D eigenvalue weighted by atomic mass is 10.0. The maximum Gasteiger partial charge on any atom is 0.207 e. The summed E-state index contributed by atoms with van der Waals surface area (Å²) in [7, 11) is 0. The number of para-hydroxylation sites is 1. The predicted octanol–water partition coefficient (Wildman–Crippen LogP) is 6.78. The van der Waals surface area contributed by atoms with Crippen LogP contribution in [0.1, 0.15) is 95.2 Å². The van der Waals surface area contributed by atoms with Gasteiger partial charge in [-0.25, -0.2) is 5.01 Å². The lowest BCUT2D eigenvalue weighted by Gasteiger charge is -2.44. The SMILES string of the molecule is c1ccc2[nH]c(C3CCCCCCN(C4CCCCCCCC4)N3c3conn3)cc2c1. The highest BCUT2D eigenvalue weighted by atomic mass is 16.5. The number of hydrazine groups is 1. The molecule has 1 aromatic carbocycles. The number of nitrogens with zero attached hydrogens (tertiary/aromatic N) is 4. The summed E-state index contributed by atoms with van der Waals surface area (Å²) < 4.78 is 5.27. The summed E-state index contributed by atoms with van der Waals surface area (Å²) in [6.07, 6.45) is 18.6. The molecule has 172 valence electrons. The topological polar surface area (TPSA) is 61.2 Å². The third-order valence-corrected chi connectivity index (χ3v) is 7.43. The molecule has 3 heterocycles. The van der Waals surface area contributed by atoms with Gasteiger partial charge in [-0.1, -0.05) is 81.1 Å². The van der Waals surface area contributed by atoms with Gasteiger partial charge in [0.1, 0.15) is 0 Å². The first-order valence-electron chi connectivity index (χ1n) is 12.8. The molecule has 5 rings (SSSR count). The number of H-pyrrole nitrogens is 1. The van der Waals surface area contributed by atoms with Crippen molar-refractivity contribution in [3.05, 3.63) is 42.3 Å². The monoisotopic (exact) mass is 435 g/mol. The number of anilines is 1. The van der Waals surface area contributed by atoms with Gasteiger partial charge in [0, 0.05) is 29.1 Å². The fraction of sp³-hybridized carbons (Fsp3) is 0.615. The first-order chi connectivity index (χ1) is 15.9. The maximum absolute atomic E-state index is 5.27. The summed E-state index contributed by atoms with van der Waals surface area (Å²) in [5, 5.41) is 14.7. The van der Waals surface area contributed by atoms with Gasteiger partial charge in [0.25, 0.3) is 0 Å². The van der Waals surface area contributed by atoms with E-state index in [1.54, 1.807) is 6.26 Å². The van der Waals surface area contributed by atoms with Crippen LogP contribution in [0.3, 0.4) is 0 Å². The van der Waals surface area contributed by atoms with Gasteiger partial charge in [0.05, 0.1) is 6.04 Å². The number of nitrogens with one attached hydrogen (secondary N) is 1. The fourth-order valence-electron chi connectivity index (χ4n) is 5.76. The Kier molecular flexibility index (Phi) is 7.07. The zero-order chi connectivity index (χ0) is 21.6. The number of hydrogen-bond donors (Lipinski definition) is 1. The Hall–Kier alpha value is -2.34. The van der Waals surface area contributed by atoms with Crippen molar-refractivity contribution in [1.82, 2.24) is 20.4 Å². The zero-order valence-electron chi connectivity index (χ0n) is 19.2. The van der Waals surface area contributed by atoms with Crippen molar-refractivity contribution in [1.29, 1.82) is 0 Å². The second kappa shape index (κ2) is 10.5. The summed E-state index contributed by atoms with van der Waals surface area (Å²) in [6, 6.07) is 11.7. The maximum atomic E-state index is 5.27. The van der Waals surface area contributed by atoms with Gasteiger partial charge in [0.2, 0.25) is 5.82 Å². The largest absolute Gasteiger partial charge is 0.357 e. The number of benzene rings is 1. The van der Waals surface area contributed by atoms with Crippen LogP contribution in [0, 0.1) is 0 Å². The Morgan fingerprint density at radius 1 is 0.844 bits per heavy atom. The van der Waals surface area contributed by atoms with Gasteiger partial charge in [-0.3, -0.25) is 5.01 Å². The molecule has 2 aliphatic rings. The Morgan fingerprint density at radius 3 is 2.31 bits per heavy atom. The molecule has 1 aliphatic carbocycles. The quantitative estimate of drug-likeness (QED) is 0.491. The third kappa shape index (κ3) is 4.85. The first kappa shape index (κ1) is 21.5. The molecule has 1 saturated heterocycles. The molecule has 0 radical (unpaired) electrons. The second-order valence-corrected chi connectivity index (χ2v) is 9.65. The molecule has 1 N–H and O–H groups in total. The average molecular weight is 436 g/mol. The molecule has 3 aromatic rings. The molecule has 1 aliphatic heterocycles. The van der Waals surface area contributed by atoms with Gasteiger partial charge in [0.15, 0.2) is 6.26 Å². The standard InChI is InChI=1S/C26H37N5O/c1-2-4-8-15-22(14-7-3-1)30-18-12-6-5-9-17-25(31(30)26-20-32-29-28-26)24-19-21-13-10-11-16-23(21)27-24/h10-11,13,16,19-20,22,25,27H,1-9,12,14-15,17-18H2. The molecule has 6 nitrogen and oxygen atoms in total. The van der Waals surface area contributed by atoms with Crippen LogP contribution in [0.4, 0.5) is 5.82 Å². The Labute approximate surface area is 191 Å². The van der Waals surface area contributed by atoms with E-state index in [1.807, 2.05) is 0 Å². The van der Waals surface area contributed by atoms with E-state index < -0.39 is 0 Å². The van der Waals surface area contributed by atoms with Crippen LogP contribution in [-0.2, 0) is 0 Å². The van der Waals surface area contributed by atoms with E-state index >= 15 is 0 Å². The highest BCUT2D eigenvalue weighted by Crippen LogP contribution is 2.37. The van der Waals surface area contributed by atoms with Crippen molar-refractivity contribution in [2.75, 3.05) is 11.6 Å². The van der Waals surface area contributed by atoms with E-state index in [0.29, 0.717) is 6.04 Å². The summed E-state index contributed by atoms with van der Waals surface area (Å²) >= 11 is 0. The van der Waals surface area contributed by atoms with Gasteiger partial charge in [-0.15, -0.1) is 0 Å². The lowest BCUT2D eigenvalue weighted by Crippen LogP contribution is -2.51. The van der Waals surface area contributed by atoms with Crippen molar-refractivity contribution in [3.8, 4) is 0 Å². The summed E-state index contributed by atoms with van der Waals surface area (Å²) in [5.41, 5.74) is 2.47. The summed E-state index contributed by atoms with van der Waals surface area (Å²) in [6.45, 7) is 1.08. The van der Waals surface area contributed by atoms with E-state index in [-0.39, 0.29) is 6.04 Å². The lowest BCUT2D eigenvalue weighted by molar-refractivity contribution is 0.134. The number of aromatic nitrogens is 3. The smallest absolute Gasteiger partial charge is 0.207 e. The summed E-state index contributed by atoms with van der Waals surface area (Å²) in [4.78, 5) is 3.73. The third-order valence-electron chi connectivity index (χ3n) is 7.43. The van der Waals surface area contributed by atoms with E-state index in [2.05, 4.69) is 55.7 Å². The molecule has 1 saturated carbocycles. The predicted molar refractivity (Wildman–Crippen MR) is 128 cm³/mol. The van der Waals surface area contributed by atoms with Crippen molar-refractivity contribution in [2.24, 2.45) is 0 Å². The van der Waals surface area contributed by atoms with E-state index in [4.69, 9.17) is 4.52 Å². The summed E-state index contributed by atoms with van der Waals surface area (Å²) in [5.74, 6) is 0.843. The van der Waals surface area contributed by atoms with Gasteiger partial charge < -0.3 is 9.51 Å². The number of aromatic amines is 1. The van der Waals surface area contributed by atoms with Crippen LogP contribution in [0.25, 0.3) is 10.9 Å². The average Bonchev–Trinajstić information content (AvgIpc) is 3.51. The normalized spacial score (nSPS) is 23.1. The highest BCUT2D eigenvalue weighted by molar-refractivity contribution is 5.80. The Morgan fingerprint density at radius 2 is 1.56 bits per heavy atom. The van der Waals surface area contributed by atoms with Crippen LogP contribution in [0.15, 0.2) is 41.1 Å². The fourth-order valence-corrected chi connectivity index (χ4v) is 5.76. The van der Waals surface area contributed by atoms with Gasteiger partial charge >= 0.3 is 0 Å². The van der Waals surface area contributed by atoms with Crippen LogP contribution < -0.4 is 5.01 Å². The highest BCUT2D eigenvalue weighted by Gasteiger charge is 2.34. The van der Waals surface area contributed by atoms with Gasteiger partial charge in [-0.05, 0) is 43.2 Å². The van der Waals surface area contributed by atoms with Gasteiger partial charge in [-0.2, -0.15) is 0 Å². The van der Waals surface area contributed by atoms with Crippen LogP contribution in [0.2, 0.25) is 0 Å². The van der Waals surface area contributed by atoms with E-state index in [0.717, 1.165) is 18.8 Å². The molecule has 1 unspecified atom stereocenters. The van der Waals surface area contributed by atoms with E-state index in [1.165, 1.54) is 93.6 Å². The van der Waals surface area contributed by atoms with E-state index in [9.17, 15) is 0 Å². The second-order valence-electron chi connectivity index (χ2n) is 9.65. The molecule has 2 fully saturated rings. The molecular formula is C26H37N5O. The molecule has 2 aromatic heterocycles. The minimum Gasteiger partial charge on any atom is -0.357 e. The number of fused-ring (bicyclic) bond motifs is 1. The molecule has 6 heteroatoms. The number of rotatable bonds is 3. The molecular weight excluding hydrogens is 398 g/mol. The molecule has 0 amide bonds. The Bertz CT molecular complexity index is 909. The molecule has 32 heavy (non-hydrogen) atoms. The molecule has 1 atom stereocenters. The minimum atomic E-state index is 0.208. The van der Waals surface area contributed by atoms with Crippen molar-refractivity contribution in [2.45, 2.75) is 95.6 Å². The molecule has 0 bridgehead atoms. The minimum absolute atomic E-state index is 0.208. The first-order valence-corrected chi connectivity index (χ1v) is 12.8. The van der Waals surface area contributed by atoms with Crippen LogP contribution in [-0.4, -0.2) is 32.9 Å². The number of hydrogen-bond acceptors (Lipinski definition) is 5. The van der Waals surface area contributed by atoms with Crippen LogP contribution >= 0.6 is 0 Å². The van der Waals surface area contributed by atoms with Crippen LogP contribution in [0.5, 0.6) is 0 Å². The molecule has 0 spiro atoms. The van der Waals surface area contributed by atoms with Crippen molar-refractivity contribution >= 4 is 16.7 Å². The van der Waals surface area contributed by atoms with Crippen molar-refractivity contribution in [3.63, 3.8) is 0 Å². The van der Waals surface area contributed by atoms with Crippen molar-refractivity contribution < 1.29 is 4.52 Å². The zero-order valence-corrected chi connectivity index (χ0v) is 19.2. The Balaban J connectivity index is 1.54.